The highest BCUT2D eigenvalue weighted by atomic mass is 35.5. The van der Waals surface area contributed by atoms with E-state index in [2.05, 4.69) is 20.2 Å². The number of sulfone groups is 1. The zero-order valence-electron chi connectivity index (χ0n) is 18.7. The first-order valence-corrected chi connectivity index (χ1v) is 12.3. The predicted octanol–water partition coefficient (Wildman–Crippen LogP) is 3.53. The topological polar surface area (TPSA) is 122 Å². The van der Waals surface area contributed by atoms with Crippen LogP contribution in [0.4, 0.5) is 0 Å². The summed E-state index contributed by atoms with van der Waals surface area (Å²) < 4.78 is 44.8. The van der Waals surface area contributed by atoms with Crippen molar-refractivity contribution in [2.75, 3.05) is 14.2 Å². The van der Waals surface area contributed by atoms with Crippen LogP contribution in [0.15, 0.2) is 53.4 Å². The number of rotatable bonds is 9. The van der Waals surface area contributed by atoms with Gasteiger partial charge in [0.05, 0.1) is 30.8 Å². The van der Waals surface area contributed by atoms with Crippen LogP contribution >= 0.6 is 11.6 Å². The van der Waals surface area contributed by atoms with Crippen molar-refractivity contribution < 1.29 is 22.3 Å². The zero-order chi connectivity index (χ0) is 24.3. The Bertz CT molecular complexity index is 1350. The van der Waals surface area contributed by atoms with Crippen molar-refractivity contribution in [2.24, 2.45) is 0 Å². The molecule has 1 aromatic carbocycles. The number of ether oxygens (including phenoxy) is 2. The molecule has 0 radical (unpaired) electrons. The van der Waals surface area contributed by atoms with Gasteiger partial charge in [0.2, 0.25) is 5.82 Å². The average Bonchev–Trinajstić information content (AvgIpc) is 3.49. The monoisotopic (exact) mass is 503 g/mol. The third-order valence-electron chi connectivity index (χ3n) is 5.18. The zero-order valence-corrected chi connectivity index (χ0v) is 20.2. The molecule has 0 amide bonds. The second-order valence-electron chi connectivity index (χ2n) is 7.40. The van der Waals surface area contributed by atoms with Gasteiger partial charge >= 0.3 is 0 Å². The highest BCUT2D eigenvalue weighted by Gasteiger charge is 2.29. The quantitative estimate of drug-likeness (QED) is 0.337. The Hall–Kier alpha value is -3.44. The smallest absolute Gasteiger partial charge is 0.204 e. The minimum absolute atomic E-state index is 0.122. The average molecular weight is 504 g/mol. The SMILES string of the molecule is COc1cccc(OC)c1-n1c(CS(=O)(=O)[C@H](C)Cc2ncc(Cl)cn2)nnc1-c1ccco1. The number of hydrogen-bond donors (Lipinski definition) is 0. The molecule has 10 nitrogen and oxygen atoms in total. The van der Waals surface area contributed by atoms with Crippen molar-refractivity contribution in [1.29, 1.82) is 0 Å². The first-order valence-electron chi connectivity index (χ1n) is 10.2. The van der Waals surface area contributed by atoms with E-state index in [4.69, 9.17) is 25.5 Å². The van der Waals surface area contributed by atoms with Crippen molar-refractivity contribution in [2.45, 2.75) is 24.3 Å². The van der Waals surface area contributed by atoms with E-state index in [-0.39, 0.29) is 12.2 Å². The summed E-state index contributed by atoms with van der Waals surface area (Å²) in [4.78, 5) is 8.20. The second kappa shape index (κ2) is 9.82. The Morgan fingerprint density at radius 2 is 1.74 bits per heavy atom. The van der Waals surface area contributed by atoms with Gasteiger partial charge < -0.3 is 13.9 Å². The summed E-state index contributed by atoms with van der Waals surface area (Å²) in [5.41, 5.74) is 0.461. The molecule has 0 saturated heterocycles. The molecule has 0 fully saturated rings. The van der Waals surface area contributed by atoms with Crippen LogP contribution in [-0.2, 0) is 22.0 Å². The van der Waals surface area contributed by atoms with E-state index in [1.807, 2.05) is 0 Å². The van der Waals surface area contributed by atoms with E-state index >= 15 is 0 Å². The molecule has 0 aliphatic rings. The fourth-order valence-corrected chi connectivity index (χ4v) is 4.74. The highest BCUT2D eigenvalue weighted by Crippen LogP contribution is 2.36. The number of nitrogens with zero attached hydrogens (tertiary/aromatic N) is 5. The number of furan rings is 1. The van der Waals surface area contributed by atoms with Gasteiger partial charge in [-0.1, -0.05) is 17.7 Å². The molecular weight excluding hydrogens is 482 g/mol. The van der Waals surface area contributed by atoms with E-state index in [9.17, 15) is 8.42 Å². The van der Waals surface area contributed by atoms with E-state index in [1.54, 1.807) is 41.8 Å². The van der Waals surface area contributed by atoms with Crippen LogP contribution in [0.25, 0.3) is 17.3 Å². The number of para-hydroxylation sites is 1. The molecule has 0 bridgehead atoms. The molecule has 0 aliphatic heterocycles. The van der Waals surface area contributed by atoms with Crippen LogP contribution in [0.2, 0.25) is 5.02 Å². The maximum Gasteiger partial charge on any atom is 0.204 e. The van der Waals surface area contributed by atoms with Crippen molar-refractivity contribution >= 4 is 21.4 Å². The molecule has 3 heterocycles. The minimum Gasteiger partial charge on any atom is -0.494 e. The summed E-state index contributed by atoms with van der Waals surface area (Å²) in [5.74, 6) is 1.79. The Labute approximate surface area is 201 Å². The molecule has 0 unspecified atom stereocenters. The highest BCUT2D eigenvalue weighted by molar-refractivity contribution is 7.91. The van der Waals surface area contributed by atoms with Crippen LogP contribution in [0.3, 0.4) is 0 Å². The summed E-state index contributed by atoms with van der Waals surface area (Å²) in [5, 5.41) is 8.02. The van der Waals surface area contributed by atoms with E-state index in [0.29, 0.717) is 39.6 Å². The van der Waals surface area contributed by atoms with Crippen LogP contribution in [-0.4, -0.2) is 52.6 Å². The van der Waals surface area contributed by atoms with Gasteiger partial charge in [-0.3, -0.25) is 4.57 Å². The summed E-state index contributed by atoms with van der Waals surface area (Å²) in [6.07, 6.45) is 4.49. The summed E-state index contributed by atoms with van der Waals surface area (Å²) in [6, 6.07) is 8.66. The largest absolute Gasteiger partial charge is 0.494 e. The first-order chi connectivity index (χ1) is 16.3. The molecular formula is C22H22ClN5O5S. The van der Waals surface area contributed by atoms with Gasteiger partial charge in [-0.15, -0.1) is 10.2 Å². The van der Waals surface area contributed by atoms with Crippen LogP contribution in [0, 0.1) is 0 Å². The standard InChI is InChI=1S/C22H22ClN5O5S/c1-14(10-19-24-11-15(23)12-25-19)34(29,30)13-20-26-27-22(18-8-5-9-33-18)28(20)21-16(31-2)6-4-7-17(21)32-3/h4-9,11-12,14H,10,13H2,1-3H3/t14-/m1/s1. The lowest BCUT2D eigenvalue weighted by Gasteiger charge is -2.17. The van der Waals surface area contributed by atoms with E-state index in [0.717, 1.165) is 0 Å². The molecule has 1 atom stereocenters. The van der Waals surface area contributed by atoms with Crippen LogP contribution in [0.1, 0.15) is 18.6 Å². The molecule has 3 aromatic heterocycles. The Kier molecular flexibility index (Phi) is 6.85. The van der Waals surface area contributed by atoms with Crippen LogP contribution < -0.4 is 9.47 Å². The number of aromatic nitrogens is 5. The van der Waals surface area contributed by atoms with Gasteiger partial charge in [0.1, 0.15) is 28.8 Å². The van der Waals surface area contributed by atoms with E-state index in [1.165, 1.54) is 32.9 Å². The molecule has 0 spiro atoms. The number of halogens is 1. The van der Waals surface area contributed by atoms with Gasteiger partial charge in [0.15, 0.2) is 21.4 Å². The lowest BCUT2D eigenvalue weighted by molar-refractivity contribution is 0.390. The number of methoxy groups -OCH3 is 2. The van der Waals surface area contributed by atoms with Crippen molar-refractivity contribution in [3.63, 3.8) is 0 Å². The Morgan fingerprint density at radius 1 is 1.06 bits per heavy atom. The van der Waals surface area contributed by atoms with Crippen molar-refractivity contribution in [1.82, 2.24) is 24.7 Å². The molecule has 0 saturated carbocycles. The van der Waals surface area contributed by atoms with Crippen LogP contribution in [0.5, 0.6) is 11.5 Å². The third-order valence-corrected chi connectivity index (χ3v) is 7.43. The molecule has 34 heavy (non-hydrogen) atoms. The molecule has 4 aromatic rings. The van der Waals surface area contributed by atoms with Gasteiger partial charge in [0, 0.05) is 18.8 Å². The molecule has 12 heteroatoms. The van der Waals surface area contributed by atoms with Crippen molar-refractivity contribution in [3.05, 3.63) is 65.7 Å². The summed E-state index contributed by atoms with van der Waals surface area (Å²) >= 11 is 5.83. The second-order valence-corrected chi connectivity index (χ2v) is 10.3. The van der Waals surface area contributed by atoms with Gasteiger partial charge in [-0.05, 0) is 31.2 Å². The molecule has 0 N–H and O–H groups in total. The number of benzene rings is 1. The van der Waals surface area contributed by atoms with Gasteiger partial charge in [-0.25, -0.2) is 18.4 Å². The van der Waals surface area contributed by atoms with Crippen molar-refractivity contribution in [3.8, 4) is 28.8 Å². The Balaban J connectivity index is 1.77. The van der Waals surface area contributed by atoms with Gasteiger partial charge in [0.25, 0.3) is 0 Å². The molecule has 0 aliphatic carbocycles. The summed E-state index contributed by atoms with van der Waals surface area (Å²) in [7, 11) is -0.668. The predicted molar refractivity (Wildman–Crippen MR) is 125 cm³/mol. The normalized spacial score (nSPS) is 12.5. The number of hydrogen-bond acceptors (Lipinski definition) is 9. The first kappa shape index (κ1) is 23.7. The fraction of sp³-hybridized carbons (Fsp3) is 0.273. The summed E-state index contributed by atoms with van der Waals surface area (Å²) in [6.45, 7) is 1.60. The molecule has 178 valence electrons. The minimum atomic E-state index is -3.70. The third kappa shape index (κ3) is 4.75. The molecule has 4 rings (SSSR count). The maximum atomic E-state index is 13.3. The van der Waals surface area contributed by atoms with Gasteiger partial charge in [-0.2, -0.15) is 0 Å². The lowest BCUT2D eigenvalue weighted by atomic mass is 10.2. The fourth-order valence-electron chi connectivity index (χ4n) is 3.41. The van der Waals surface area contributed by atoms with E-state index < -0.39 is 20.8 Å². The maximum absolute atomic E-state index is 13.3. The lowest BCUT2D eigenvalue weighted by Crippen LogP contribution is -2.24. The Morgan fingerprint density at radius 3 is 2.32 bits per heavy atom.